The third-order valence-electron chi connectivity index (χ3n) is 7.63. The first-order valence-corrected chi connectivity index (χ1v) is 14.8. The van der Waals surface area contributed by atoms with Crippen molar-refractivity contribution in [1.82, 2.24) is 9.13 Å². The maximum Gasteiger partial charge on any atom is 0.338 e. The number of aromatic nitrogens is 2. The van der Waals surface area contributed by atoms with E-state index in [2.05, 4.69) is 46.7 Å². The van der Waals surface area contributed by atoms with Crippen LogP contribution in [0.1, 0.15) is 42.4 Å². The van der Waals surface area contributed by atoms with Crippen LogP contribution in [0.2, 0.25) is 0 Å². The molecule has 3 heterocycles. The molecular weight excluding hydrogens is 564 g/mol. The van der Waals surface area contributed by atoms with Gasteiger partial charge in [0.2, 0.25) is 0 Å². The van der Waals surface area contributed by atoms with Gasteiger partial charge in [-0.05, 0) is 81.8 Å². The standard InChI is InChI=1S/C33H36N4O5S/c1-9-42-32(39)29-20(3)34-33-37(30(29)26-15-14-25(40-7)18-27(26)41-8)31(38)28(43-33)17-22-16-19(2)36(21(22)4)24-12-10-23(11-13-24)35(5)6/h10-18,30H,9H2,1-8H3/b28-17+/t30-/m1/s1. The van der Waals surface area contributed by atoms with Crippen LogP contribution in [0.5, 0.6) is 11.5 Å². The van der Waals surface area contributed by atoms with Crippen molar-refractivity contribution in [2.75, 3.05) is 39.8 Å². The molecule has 0 unspecified atom stereocenters. The smallest absolute Gasteiger partial charge is 0.338 e. The molecule has 10 heteroatoms. The highest BCUT2D eigenvalue weighted by atomic mass is 32.1. The first-order valence-electron chi connectivity index (χ1n) is 14.0. The molecular formula is C33H36N4O5S. The summed E-state index contributed by atoms with van der Waals surface area (Å²) < 4.78 is 20.8. The number of carbonyl (C=O) groups is 1. The Bertz CT molecular complexity index is 1910. The number of rotatable bonds is 8. The normalized spacial score (nSPS) is 14.8. The van der Waals surface area contributed by atoms with Gasteiger partial charge in [0.15, 0.2) is 4.80 Å². The van der Waals surface area contributed by atoms with Crippen molar-refractivity contribution in [2.24, 2.45) is 4.99 Å². The number of benzene rings is 2. The molecule has 1 aliphatic heterocycles. The van der Waals surface area contributed by atoms with Gasteiger partial charge in [0, 0.05) is 48.5 Å². The molecule has 0 spiro atoms. The molecule has 2 aromatic heterocycles. The van der Waals surface area contributed by atoms with Crippen molar-refractivity contribution in [3.05, 3.63) is 102 Å². The molecule has 0 N–H and O–H groups in total. The Hall–Kier alpha value is -4.57. The number of esters is 1. The number of aryl methyl sites for hydroxylation is 1. The lowest BCUT2D eigenvalue weighted by Crippen LogP contribution is -2.40. The van der Waals surface area contributed by atoms with Crippen molar-refractivity contribution in [3.63, 3.8) is 0 Å². The molecule has 0 saturated heterocycles. The highest BCUT2D eigenvalue weighted by Gasteiger charge is 2.35. The van der Waals surface area contributed by atoms with E-state index >= 15 is 0 Å². The number of methoxy groups -OCH3 is 2. The van der Waals surface area contributed by atoms with Crippen LogP contribution >= 0.6 is 11.3 Å². The lowest BCUT2D eigenvalue weighted by atomic mass is 9.95. The van der Waals surface area contributed by atoms with Crippen molar-refractivity contribution < 1.29 is 19.0 Å². The van der Waals surface area contributed by atoms with Crippen LogP contribution in [-0.2, 0) is 9.53 Å². The molecule has 0 fully saturated rings. The van der Waals surface area contributed by atoms with E-state index in [1.165, 1.54) is 11.3 Å². The number of carbonyl (C=O) groups excluding carboxylic acids is 1. The van der Waals surface area contributed by atoms with Gasteiger partial charge in [-0.3, -0.25) is 9.36 Å². The maximum atomic E-state index is 14.2. The SMILES string of the molecule is CCOC(=O)C1=C(C)N=c2s/c(=C/c3cc(C)n(-c4ccc(N(C)C)cc4)c3C)c(=O)n2[C@@H]1c1ccc(OC)cc1OC. The van der Waals surface area contributed by atoms with E-state index in [4.69, 9.17) is 19.2 Å². The fourth-order valence-corrected chi connectivity index (χ4v) is 6.54. The Morgan fingerprint density at radius 1 is 1.05 bits per heavy atom. The number of allylic oxidation sites excluding steroid dienone is 1. The average Bonchev–Trinajstić information content (AvgIpc) is 3.45. The molecule has 5 rings (SSSR count). The van der Waals surface area contributed by atoms with Gasteiger partial charge in [0.25, 0.3) is 5.56 Å². The molecule has 43 heavy (non-hydrogen) atoms. The molecule has 9 nitrogen and oxygen atoms in total. The van der Waals surface area contributed by atoms with Gasteiger partial charge in [-0.25, -0.2) is 9.79 Å². The van der Waals surface area contributed by atoms with Gasteiger partial charge in [-0.2, -0.15) is 0 Å². The van der Waals surface area contributed by atoms with Crippen LogP contribution in [0.3, 0.4) is 0 Å². The Morgan fingerprint density at radius 3 is 2.40 bits per heavy atom. The number of thiazole rings is 1. The van der Waals surface area contributed by atoms with Crippen molar-refractivity contribution >= 4 is 29.1 Å². The van der Waals surface area contributed by atoms with Gasteiger partial charge in [0.1, 0.15) is 17.5 Å². The van der Waals surface area contributed by atoms with Crippen molar-refractivity contribution in [3.8, 4) is 17.2 Å². The summed E-state index contributed by atoms with van der Waals surface area (Å²) in [7, 11) is 7.15. The number of hydrogen-bond donors (Lipinski definition) is 0. The largest absolute Gasteiger partial charge is 0.497 e. The summed E-state index contributed by atoms with van der Waals surface area (Å²) in [6.07, 6.45) is 1.91. The highest BCUT2D eigenvalue weighted by Crippen LogP contribution is 2.37. The first kappa shape index (κ1) is 29.9. The molecule has 0 radical (unpaired) electrons. The van der Waals surface area contributed by atoms with Crippen LogP contribution in [0, 0.1) is 13.8 Å². The van der Waals surface area contributed by atoms with Gasteiger partial charge in [0.05, 0.1) is 36.6 Å². The van der Waals surface area contributed by atoms with Gasteiger partial charge in [-0.1, -0.05) is 11.3 Å². The summed E-state index contributed by atoms with van der Waals surface area (Å²) in [6.45, 7) is 7.81. The third kappa shape index (κ3) is 5.38. The average molecular weight is 601 g/mol. The molecule has 2 aromatic carbocycles. The molecule has 1 aliphatic rings. The number of fused-ring (bicyclic) bond motifs is 1. The summed E-state index contributed by atoms with van der Waals surface area (Å²) in [4.78, 5) is 34.7. The summed E-state index contributed by atoms with van der Waals surface area (Å²) in [5, 5.41) is 0. The molecule has 0 amide bonds. The maximum absolute atomic E-state index is 14.2. The Balaban J connectivity index is 1.68. The monoisotopic (exact) mass is 600 g/mol. The zero-order valence-corrected chi connectivity index (χ0v) is 26.5. The summed E-state index contributed by atoms with van der Waals surface area (Å²) in [5.74, 6) is 0.557. The zero-order valence-electron chi connectivity index (χ0n) is 25.7. The number of anilines is 1. The van der Waals surface area contributed by atoms with Crippen LogP contribution in [-0.4, -0.2) is 50.0 Å². The lowest BCUT2D eigenvalue weighted by molar-refractivity contribution is -0.139. The zero-order chi connectivity index (χ0) is 31.0. The van der Waals surface area contributed by atoms with Gasteiger partial charge < -0.3 is 23.7 Å². The van der Waals surface area contributed by atoms with Gasteiger partial charge >= 0.3 is 5.97 Å². The summed E-state index contributed by atoms with van der Waals surface area (Å²) in [5.41, 5.74) is 6.33. The molecule has 0 saturated carbocycles. The van der Waals surface area contributed by atoms with E-state index in [1.54, 1.807) is 44.8 Å². The highest BCUT2D eigenvalue weighted by molar-refractivity contribution is 7.07. The van der Waals surface area contributed by atoms with Crippen LogP contribution < -0.4 is 29.3 Å². The van der Waals surface area contributed by atoms with E-state index < -0.39 is 12.0 Å². The van der Waals surface area contributed by atoms with E-state index in [9.17, 15) is 9.59 Å². The summed E-state index contributed by atoms with van der Waals surface area (Å²) >= 11 is 1.29. The van der Waals surface area contributed by atoms with Crippen molar-refractivity contribution in [2.45, 2.75) is 33.7 Å². The Morgan fingerprint density at radius 2 is 1.77 bits per heavy atom. The minimum Gasteiger partial charge on any atom is -0.497 e. The second-order valence-electron chi connectivity index (χ2n) is 10.5. The van der Waals surface area contributed by atoms with Crippen LogP contribution in [0.15, 0.2) is 69.6 Å². The molecule has 224 valence electrons. The van der Waals surface area contributed by atoms with E-state index in [-0.39, 0.29) is 12.2 Å². The fraction of sp³-hybridized carbons (Fsp3) is 0.303. The predicted molar refractivity (Wildman–Crippen MR) is 170 cm³/mol. The fourth-order valence-electron chi connectivity index (χ4n) is 5.50. The van der Waals surface area contributed by atoms with Crippen LogP contribution in [0.4, 0.5) is 5.69 Å². The molecule has 0 bridgehead atoms. The van der Waals surface area contributed by atoms with Gasteiger partial charge in [-0.15, -0.1) is 0 Å². The Kier molecular flexibility index (Phi) is 8.32. The van der Waals surface area contributed by atoms with Crippen molar-refractivity contribution in [1.29, 1.82) is 0 Å². The second-order valence-corrected chi connectivity index (χ2v) is 11.5. The number of hydrogen-bond acceptors (Lipinski definition) is 8. The minimum absolute atomic E-state index is 0.194. The van der Waals surface area contributed by atoms with Crippen LogP contribution in [0.25, 0.3) is 11.8 Å². The Labute approximate surface area is 254 Å². The number of ether oxygens (including phenoxy) is 3. The van der Waals surface area contributed by atoms with E-state index in [1.807, 2.05) is 33.2 Å². The van der Waals surface area contributed by atoms with E-state index in [0.29, 0.717) is 37.7 Å². The molecule has 4 aromatic rings. The second kappa shape index (κ2) is 12.0. The quantitative estimate of drug-likeness (QED) is 0.281. The first-order chi connectivity index (χ1) is 20.6. The minimum atomic E-state index is -0.791. The molecule has 0 aliphatic carbocycles. The summed E-state index contributed by atoms with van der Waals surface area (Å²) in [6, 6.07) is 15.0. The van der Waals surface area contributed by atoms with E-state index in [0.717, 1.165) is 28.3 Å². The third-order valence-corrected chi connectivity index (χ3v) is 8.62. The lowest BCUT2D eigenvalue weighted by Gasteiger charge is -2.26. The molecule has 1 atom stereocenters. The predicted octanol–water partition coefficient (Wildman–Crippen LogP) is 4.29. The number of nitrogens with zero attached hydrogens (tertiary/aromatic N) is 4. The topological polar surface area (TPSA) is 87.3 Å².